The summed E-state index contributed by atoms with van der Waals surface area (Å²) in [4.78, 5) is 21.8. The Hall–Kier alpha value is -2.01. The number of rotatable bonds is 2. The van der Waals surface area contributed by atoms with Gasteiger partial charge >= 0.3 is 0 Å². The van der Waals surface area contributed by atoms with Crippen molar-refractivity contribution in [3.63, 3.8) is 0 Å². The second-order valence-electron chi connectivity index (χ2n) is 4.50. The number of aromatic nitrogens is 4. The molecule has 10 heteroatoms. The summed E-state index contributed by atoms with van der Waals surface area (Å²) in [5.41, 5.74) is 5.12. The Morgan fingerprint density at radius 3 is 2.85 bits per heavy atom. The minimum atomic E-state index is -1.29. The van der Waals surface area contributed by atoms with Crippen LogP contribution in [0.4, 0.5) is 5.95 Å². The fourth-order valence-electron chi connectivity index (χ4n) is 2.24. The maximum atomic E-state index is 11.7. The largest absolute Gasteiger partial charge is 0.394 e. The number of H-pyrrole nitrogens is 1. The fourth-order valence-corrected chi connectivity index (χ4v) is 2.24. The Morgan fingerprint density at radius 1 is 1.45 bits per heavy atom. The van der Waals surface area contributed by atoms with E-state index in [2.05, 4.69) is 15.0 Å². The van der Waals surface area contributed by atoms with Crippen LogP contribution in [0.2, 0.25) is 0 Å². The summed E-state index contributed by atoms with van der Waals surface area (Å²) in [6.45, 7) is -0.447. The molecule has 3 heterocycles. The van der Waals surface area contributed by atoms with Crippen LogP contribution < -0.4 is 11.3 Å². The number of imidazole rings is 1. The van der Waals surface area contributed by atoms with Gasteiger partial charge in [0, 0.05) is 0 Å². The van der Waals surface area contributed by atoms with Crippen molar-refractivity contribution < 1.29 is 20.1 Å². The minimum absolute atomic E-state index is 0.0388. The molecule has 0 spiro atoms. The Balaban J connectivity index is 2.09. The lowest BCUT2D eigenvalue weighted by Gasteiger charge is -2.16. The number of nitrogens with zero attached hydrogens (tertiary/aromatic N) is 3. The van der Waals surface area contributed by atoms with Gasteiger partial charge in [0.2, 0.25) is 5.95 Å². The lowest BCUT2D eigenvalue weighted by atomic mass is 10.1. The summed E-state index contributed by atoms with van der Waals surface area (Å²) in [7, 11) is 0. The van der Waals surface area contributed by atoms with Gasteiger partial charge in [0.25, 0.3) is 5.56 Å². The van der Waals surface area contributed by atoms with E-state index in [1.54, 1.807) is 0 Å². The highest BCUT2D eigenvalue weighted by atomic mass is 16.6. The third-order valence-corrected chi connectivity index (χ3v) is 3.24. The molecule has 0 amide bonds. The van der Waals surface area contributed by atoms with Crippen molar-refractivity contribution in [3.05, 3.63) is 16.7 Å². The second-order valence-corrected chi connectivity index (χ2v) is 4.50. The van der Waals surface area contributed by atoms with Gasteiger partial charge in [0.05, 0.1) is 12.9 Å². The van der Waals surface area contributed by atoms with Gasteiger partial charge in [-0.25, -0.2) is 4.98 Å². The van der Waals surface area contributed by atoms with Crippen molar-refractivity contribution in [2.45, 2.75) is 24.5 Å². The SMILES string of the molecule is Nc1nc2c(ncn2[C@H]2O[C@H](CO)[C@H](O)[C@H]2O)c(=O)[nH]1. The van der Waals surface area contributed by atoms with E-state index < -0.39 is 36.7 Å². The molecule has 10 nitrogen and oxygen atoms in total. The average molecular weight is 283 g/mol. The van der Waals surface area contributed by atoms with Crippen LogP contribution in [0.25, 0.3) is 11.2 Å². The zero-order valence-electron chi connectivity index (χ0n) is 10.2. The molecule has 20 heavy (non-hydrogen) atoms. The van der Waals surface area contributed by atoms with Crippen LogP contribution in [-0.2, 0) is 4.74 Å². The summed E-state index contributed by atoms with van der Waals surface area (Å²) in [5.74, 6) is -0.101. The van der Waals surface area contributed by atoms with Crippen molar-refractivity contribution in [1.29, 1.82) is 0 Å². The molecule has 0 unspecified atom stereocenters. The van der Waals surface area contributed by atoms with E-state index in [0.29, 0.717) is 0 Å². The van der Waals surface area contributed by atoms with Gasteiger partial charge in [0.1, 0.15) is 18.3 Å². The van der Waals surface area contributed by atoms with Crippen LogP contribution in [0.15, 0.2) is 11.1 Å². The third kappa shape index (κ3) is 1.78. The topological polar surface area (TPSA) is 160 Å². The summed E-state index contributed by atoms with van der Waals surface area (Å²) < 4.78 is 6.64. The van der Waals surface area contributed by atoms with Crippen molar-refractivity contribution >= 4 is 17.1 Å². The summed E-state index contributed by atoms with van der Waals surface area (Å²) >= 11 is 0. The molecule has 0 saturated carbocycles. The van der Waals surface area contributed by atoms with E-state index in [0.717, 1.165) is 0 Å². The van der Waals surface area contributed by atoms with Crippen molar-refractivity contribution in [2.24, 2.45) is 0 Å². The van der Waals surface area contributed by atoms with Gasteiger partial charge in [-0.05, 0) is 0 Å². The molecule has 6 N–H and O–H groups in total. The first-order valence-corrected chi connectivity index (χ1v) is 5.87. The highest BCUT2D eigenvalue weighted by molar-refractivity contribution is 5.70. The van der Waals surface area contributed by atoms with Gasteiger partial charge in [-0.1, -0.05) is 0 Å². The smallest absolute Gasteiger partial charge is 0.280 e. The van der Waals surface area contributed by atoms with E-state index in [1.807, 2.05) is 0 Å². The molecular formula is C10H13N5O5. The van der Waals surface area contributed by atoms with Gasteiger partial charge in [0.15, 0.2) is 17.4 Å². The fraction of sp³-hybridized carbons (Fsp3) is 0.500. The molecule has 4 atom stereocenters. The zero-order valence-corrected chi connectivity index (χ0v) is 10.2. The molecule has 0 aromatic carbocycles. The standard InChI is InChI=1S/C10H13N5O5/c11-10-13-7-4(8(19)14-10)12-2-15(7)9-6(18)5(17)3(1-16)20-9/h2-3,5-6,9,16-18H,1H2,(H3,11,13,14,19)/t3-,5+,6-,9+/m1/s1. The molecule has 3 rings (SSSR count). The number of nitrogens with two attached hydrogens (primary N) is 1. The monoisotopic (exact) mass is 283 g/mol. The zero-order chi connectivity index (χ0) is 14.4. The number of anilines is 1. The van der Waals surface area contributed by atoms with E-state index >= 15 is 0 Å². The molecule has 0 aliphatic carbocycles. The molecule has 1 fully saturated rings. The lowest BCUT2D eigenvalue weighted by molar-refractivity contribution is -0.0511. The van der Waals surface area contributed by atoms with Crippen molar-refractivity contribution in [1.82, 2.24) is 19.5 Å². The molecule has 2 aromatic heterocycles. The molecule has 1 saturated heterocycles. The first-order chi connectivity index (χ1) is 9.52. The third-order valence-electron chi connectivity index (χ3n) is 3.24. The molecular weight excluding hydrogens is 270 g/mol. The molecule has 2 aromatic rings. The van der Waals surface area contributed by atoms with E-state index in [4.69, 9.17) is 15.6 Å². The van der Waals surface area contributed by atoms with Crippen molar-refractivity contribution in [3.8, 4) is 0 Å². The molecule has 1 aliphatic heterocycles. The Labute approximate surface area is 111 Å². The maximum Gasteiger partial charge on any atom is 0.280 e. The van der Waals surface area contributed by atoms with Crippen LogP contribution in [-0.4, -0.2) is 59.8 Å². The normalized spacial score (nSPS) is 30.1. The number of hydrogen-bond donors (Lipinski definition) is 5. The quantitative estimate of drug-likeness (QED) is 0.398. The van der Waals surface area contributed by atoms with Crippen molar-refractivity contribution in [2.75, 3.05) is 12.3 Å². The second kappa shape index (κ2) is 4.52. The number of aromatic amines is 1. The highest BCUT2D eigenvalue weighted by Gasteiger charge is 2.44. The number of nitrogens with one attached hydrogen (secondary N) is 1. The molecule has 0 bridgehead atoms. The maximum absolute atomic E-state index is 11.7. The van der Waals surface area contributed by atoms with Crippen LogP contribution >= 0.6 is 0 Å². The highest BCUT2D eigenvalue weighted by Crippen LogP contribution is 2.30. The predicted molar refractivity (Wildman–Crippen MR) is 65.6 cm³/mol. The number of fused-ring (bicyclic) bond motifs is 1. The Bertz CT molecular complexity index is 697. The number of aliphatic hydroxyl groups excluding tert-OH is 3. The van der Waals surface area contributed by atoms with Gasteiger partial charge in [-0.3, -0.25) is 14.3 Å². The number of hydrogen-bond acceptors (Lipinski definition) is 8. The molecule has 1 aliphatic rings. The first-order valence-electron chi connectivity index (χ1n) is 5.87. The summed E-state index contributed by atoms with van der Waals surface area (Å²) in [6.07, 6.45) is -3.21. The van der Waals surface area contributed by atoms with E-state index in [-0.39, 0.29) is 17.1 Å². The van der Waals surface area contributed by atoms with Gasteiger partial charge in [-0.2, -0.15) is 4.98 Å². The first kappa shape index (κ1) is 13.0. The molecule has 108 valence electrons. The van der Waals surface area contributed by atoms with Crippen LogP contribution in [0, 0.1) is 0 Å². The number of aliphatic hydroxyl groups is 3. The van der Waals surface area contributed by atoms with Gasteiger partial charge < -0.3 is 25.8 Å². The Morgan fingerprint density at radius 2 is 2.20 bits per heavy atom. The van der Waals surface area contributed by atoms with Crippen LogP contribution in [0.5, 0.6) is 0 Å². The minimum Gasteiger partial charge on any atom is -0.394 e. The Kier molecular flexibility index (Phi) is 2.94. The number of nitrogen functional groups attached to an aromatic ring is 1. The van der Waals surface area contributed by atoms with Crippen LogP contribution in [0.1, 0.15) is 6.23 Å². The van der Waals surface area contributed by atoms with Gasteiger partial charge in [-0.15, -0.1) is 0 Å². The predicted octanol–water partition coefficient (Wildman–Crippen LogP) is -2.69. The van der Waals surface area contributed by atoms with E-state index in [9.17, 15) is 15.0 Å². The van der Waals surface area contributed by atoms with Crippen LogP contribution in [0.3, 0.4) is 0 Å². The summed E-state index contributed by atoms with van der Waals surface area (Å²) in [5, 5.41) is 28.7. The average Bonchev–Trinajstić information content (AvgIpc) is 2.93. The number of ether oxygens (including phenoxy) is 1. The molecule has 0 radical (unpaired) electrons. The lowest BCUT2D eigenvalue weighted by Crippen LogP contribution is -2.33. The summed E-state index contributed by atoms with van der Waals surface area (Å²) in [6, 6.07) is 0. The van der Waals surface area contributed by atoms with E-state index in [1.165, 1.54) is 10.9 Å².